The van der Waals surface area contributed by atoms with E-state index in [9.17, 15) is 9.18 Å². The van der Waals surface area contributed by atoms with Crippen molar-refractivity contribution in [1.82, 2.24) is 5.32 Å². The number of carbonyl (C=O) groups is 1. The maximum Gasteiger partial charge on any atom is 0.251 e. The van der Waals surface area contributed by atoms with Gasteiger partial charge in [0.15, 0.2) is 0 Å². The second kappa shape index (κ2) is 4.39. The molecule has 1 aromatic carbocycles. The number of halogens is 2. The molecule has 1 fully saturated rings. The number of hydrogen-bond donors (Lipinski definition) is 2. The van der Waals surface area contributed by atoms with Crippen molar-refractivity contribution in [2.75, 3.05) is 0 Å². The van der Waals surface area contributed by atoms with Crippen LogP contribution in [0.5, 0.6) is 0 Å². The maximum atomic E-state index is 13.1. The minimum Gasteiger partial charge on any atom is -0.393 e. The van der Waals surface area contributed by atoms with Crippen molar-refractivity contribution in [1.29, 1.82) is 0 Å². The van der Waals surface area contributed by atoms with Crippen molar-refractivity contribution in [3.63, 3.8) is 0 Å². The third-order valence-electron chi connectivity index (χ3n) is 2.63. The third kappa shape index (κ3) is 2.33. The molecule has 1 aliphatic rings. The molecule has 0 heterocycles. The largest absolute Gasteiger partial charge is 0.393 e. The Balaban J connectivity index is 2.01. The van der Waals surface area contributed by atoms with Gasteiger partial charge in [0, 0.05) is 11.6 Å². The lowest BCUT2D eigenvalue weighted by Gasteiger charge is -2.31. The Morgan fingerprint density at radius 2 is 2.19 bits per heavy atom. The van der Waals surface area contributed by atoms with Gasteiger partial charge in [0.1, 0.15) is 5.82 Å². The second-order valence-corrected chi connectivity index (χ2v) is 4.33. The van der Waals surface area contributed by atoms with Crippen LogP contribution in [0, 0.1) is 5.82 Å². The fraction of sp³-hybridized carbons (Fsp3) is 0.364. The van der Waals surface area contributed by atoms with E-state index in [1.165, 1.54) is 12.1 Å². The molecular formula is C11H11ClFNO2. The molecule has 1 aliphatic carbocycles. The standard InChI is InChI=1S/C11H11ClFNO2/c12-9-2-1-6(3-10(9)13)11(16)14-7-4-8(15)5-7/h1-3,7-8,15H,4-5H2,(H,14,16). The first-order chi connectivity index (χ1) is 7.56. The highest BCUT2D eigenvalue weighted by Gasteiger charge is 2.28. The molecule has 0 atom stereocenters. The van der Waals surface area contributed by atoms with Crippen LogP contribution in [0.2, 0.25) is 5.02 Å². The SMILES string of the molecule is O=C(NC1CC(O)C1)c1ccc(Cl)c(F)c1. The Hall–Kier alpha value is -1.13. The lowest BCUT2D eigenvalue weighted by atomic mass is 9.89. The summed E-state index contributed by atoms with van der Waals surface area (Å²) >= 11 is 5.51. The number of rotatable bonds is 2. The van der Waals surface area contributed by atoms with Crippen molar-refractivity contribution in [3.8, 4) is 0 Å². The van der Waals surface area contributed by atoms with E-state index in [4.69, 9.17) is 16.7 Å². The van der Waals surface area contributed by atoms with E-state index in [-0.39, 0.29) is 28.6 Å². The average Bonchev–Trinajstić information content (AvgIpc) is 2.19. The topological polar surface area (TPSA) is 49.3 Å². The van der Waals surface area contributed by atoms with Crippen LogP contribution in [0.15, 0.2) is 18.2 Å². The summed E-state index contributed by atoms with van der Waals surface area (Å²) in [5, 5.41) is 11.8. The zero-order valence-corrected chi connectivity index (χ0v) is 9.17. The minimum atomic E-state index is -0.608. The number of aliphatic hydroxyl groups excluding tert-OH is 1. The molecule has 0 unspecified atom stereocenters. The predicted octanol–water partition coefficient (Wildman–Crippen LogP) is 1.73. The molecular weight excluding hydrogens is 233 g/mol. The summed E-state index contributed by atoms with van der Waals surface area (Å²) in [6.07, 6.45) is 0.788. The van der Waals surface area contributed by atoms with Gasteiger partial charge < -0.3 is 10.4 Å². The van der Waals surface area contributed by atoms with Gasteiger partial charge >= 0.3 is 0 Å². The van der Waals surface area contributed by atoms with Crippen LogP contribution in [-0.4, -0.2) is 23.2 Å². The van der Waals surface area contributed by atoms with Crippen molar-refractivity contribution in [3.05, 3.63) is 34.6 Å². The van der Waals surface area contributed by atoms with E-state index >= 15 is 0 Å². The van der Waals surface area contributed by atoms with Gasteiger partial charge in [-0.1, -0.05) is 11.6 Å². The first-order valence-corrected chi connectivity index (χ1v) is 5.38. The molecule has 0 aliphatic heterocycles. The van der Waals surface area contributed by atoms with Crippen LogP contribution in [0.3, 0.4) is 0 Å². The molecule has 0 saturated heterocycles. The van der Waals surface area contributed by atoms with Crippen molar-refractivity contribution < 1.29 is 14.3 Å². The van der Waals surface area contributed by atoms with Crippen LogP contribution in [-0.2, 0) is 0 Å². The molecule has 0 aromatic heterocycles. The van der Waals surface area contributed by atoms with E-state index < -0.39 is 5.82 Å². The van der Waals surface area contributed by atoms with Gasteiger partial charge in [-0.05, 0) is 31.0 Å². The second-order valence-electron chi connectivity index (χ2n) is 3.92. The molecule has 2 N–H and O–H groups in total. The summed E-state index contributed by atoms with van der Waals surface area (Å²) in [5.74, 6) is -0.949. The van der Waals surface area contributed by atoms with Gasteiger partial charge in [0.05, 0.1) is 11.1 Å². The van der Waals surface area contributed by atoms with Gasteiger partial charge in [0.25, 0.3) is 5.91 Å². The number of hydrogen-bond acceptors (Lipinski definition) is 2. The van der Waals surface area contributed by atoms with Gasteiger partial charge in [0.2, 0.25) is 0 Å². The number of aliphatic hydroxyl groups is 1. The molecule has 0 radical (unpaired) electrons. The van der Waals surface area contributed by atoms with Gasteiger partial charge in [-0.2, -0.15) is 0 Å². The number of amides is 1. The molecule has 0 bridgehead atoms. The van der Waals surface area contributed by atoms with Gasteiger partial charge in [-0.15, -0.1) is 0 Å². The Kier molecular flexibility index (Phi) is 3.12. The maximum absolute atomic E-state index is 13.1. The van der Waals surface area contributed by atoms with E-state index in [2.05, 4.69) is 5.32 Å². The fourth-order valence-corrected chi connectivity index (χ4v) is 1.73. The normalized spacial score (nSPS) is 23.7. The highest BCUT2D eigenvalue weighted by Crippen LogP contribution is 2.20. The van der Waals surface area contributed by atoms with Crippen molar-refractivity contribution >= 4 is 17.5 Å². The Morgan fingerprint density at radius 1 is 1.50 bits per heavy atom. The quantitative estimate of drug-likeness (QED) is 0.831. The minimum absolute atomic E-state index is 0.00406. The van der Waals surface area contributed by atoms with Crippen molar-refractivity contribution in [2.24, 2.45) is 0 Å². The highest BCUT2D eigenvalue weighted by molar-refractivity contribution is 6.30. The highest BCUT2D eigenvalue weighted by atomic mass is 35.5. The van der Waals surface area contributed by atoms with Crippen LogP contribution >= 0.6 is 11.6 Å². The summed E-state index contributed by atoms with van der Waals surface area (Å²) < 4.78 is 13.1. The van der Waals surface area contributed by atoms with E-state index in [0.29, 0.717) is 12.8 Å². The fourth-order valence-electron chi connectivity index (χ4n) is 1.61. The van der Waals surface area contributed by atoms with Crippen LogP contribution in [0.1, 0.15) is 23.2 Å². The molecule has 86 valence electrons. The first kappa shape index (κ1) is 11.4. The zero-order valence-electron chi connectivity index (χ0n) is 8.41. The van der Waals surface area contributed by atoms with Crippen molar-refractivity contribution in [2.45, 2.75) is 25.0 Å². The lowest BCUT2D eigenvalue weighted by molar-refractivity contribution is 0.0562. The predicted molar refractivity (Wildman–Crippen MR) is 57.9 cm³/mol. The van der Waals surface area contributed by atoms with E-state index in [1.54, 1.807) is 0 Å². The van der Waals surface area contributed by atoms with Crippen LogP contribution in [0.25, 0.3) is 0 Å². The number of nitrogens with one attached hydrogen (secondary N) is 1. The van der Waals surface area contributed by atoms with Gasteiger partial charge in [-0.25, -0.2) is 4.39 Å². The summed E-state index contributed by atoms with van der Waals surface area (Å²) in [4.78, 5) is 11.6. The molecule has 1 aromatic rings. The van der Waals surface area contributed by atoms with Crippen LogP contribution < -0.4 is 5.32 Å². The summed E-state index contributed by atoms with van der Waals surface area (Å²) in [6.45, 7) is 0. The molecule has 1 saturated carbocycles. The molecule has 2 rings (SSSR count). The zero-order chi connectivity index (χ0) is 11.7. The Labute approximate surface area is 97.2 Å². The molecule has 3 nitrogen and oxygen atoms in total. The first-order valence-electron chi connectivity index (χ1n) is 5.00. The molecule has 1 amide bonds. The molecule has 0 spiro atoms. The Morgan fingerprint density at radius 3 is 2.75 bits per heavy atom. The number of benzene rings is 1. The summed E-state index contributed by atoms with van der Waals surface area (Å²) in [6, 6.07) is 3.91. The average molecular weight is 244 g/mol. The molecule has 5 heteroatoms. The van der Waals surface area contributed by atoms with Crippen LogP contribution in [0.4, 0.5) is 4.39 Å². The smallest absolute Gasteiger partial charge is 0.251 e. The summed E-state index contributed by atoms with van der Waals surface area (Å²) in [5.41, 5.74) is 0.239. The Bertz CT molecular complexity index is 418. The van der Waals surface area contributed by atoms with E-state index in [1.807, 2.05) is 0 Å². The molecule has 16 heavy (non-hydrogen) atoms. The monoisotopic (exact) mass is 243 g/mol. The third-order valence-corrected chi connectivity index (χ3v) is 2.94. The van der Waals surface area contributed by atoms with Gasteiger partial charge in [-0.3, -0.25) is 4.79 Å². The van der Waals surface area contributed by atoms with E-state index in [0.717, 1.165) is 6.07 Å². The number of carbonyl (C=O) groups excluding carboxylic acids is 1. The lowest BCUT2D eigenvalue weighted by Crippen LogP contribution is -2.46. The summed E-state index contributed by atoms with van der Waals surface area (Å²) in [7, 11) is 0.